The second kappa shape index (κ2) is 3.98. The zero-order valence-electron chi connectivity index (χ0n) is 8.10. The molecule has 0 bridgehead atoms. The van der Waals surface area contributed by atoms with Crippen LogP contribution >= 0.6 is 11.8 Å². The number of aromatic nitrogens is 3. The first-order chi connectivity index (χ1) is 6.86. The zero-order chi connectivity index (χ0) is 9.97. The van der Waals surface area contributed by atoms with E-state index in [9.17, 15) is 0 Å². The van der Waals surface area contributed by atoms with Gasteiger partial charge in [0, 0.05) is 18.9 Å². The van der Waals surface area contributed by atoms with Gasteiger partial charge in [-0.1, -0.05) is 0 Å². The maximum absolute atomic E-state index is 5.12. The molecule has 0 fully saturated rings. The highest BCUT2D eigenvalue weighted by Gasteiger charge is 2.08. The first-order valence-electron chi connectivity index (χ1n) is 4.21. The minimum absolute atomic E-state index is 0.595. The second-order valence-electron chi connectivity index (χ2n) is 2.84. The van der Waals surface area contributed by atoms with E-state index in [2.05, 4.69) is 10.1 Å². The number of ether oxygens (including phenoxy) is 1. The fraction of sp³-hybridized carbons (Fsp3) is 0.333. The summed E-state index contributed by atoms with van der Waals surface area (Å²) in [6.07, 6.45) is 5.49. The fourth-order valence-corrected chi connectivity index (χ4v) is 1.98. The lowest BCUT2D eigenvalue weighted by atomic mass is 10.3. The number of fused-ring (bicyclic) bond motifs is 1. The van der Waals surface area contributed by atoms with Crippen LogP contribution in [0.5, 0.6) is 0 Å². The summed E-state index contributed by atoms with van der Waals surface area (Å²) in [5.41, 5.74) is 2.17. The molecule has 0 aliphatic carbocycles. The maximum Gasteiger partial charge on any atom is 0.137 e. The van der Waals surface area contributed by atoms with Gasteiger partial charge in [0.05, 0.1) is 6.61 Å². The third-order valence-corrected chi connectivity index (χ3v) is 2.68. The summed E-state index contributed by atoms with van der Waals surface area (Å²) in [6.45, 7) is 0.595. The van der Waals surface area contributed by atoms with Crippen LogP contribution in [0.15, 0.2) is 23.6 Å². The molecule has 0 saturated heterocycles. The van der Waals surface area contributed by atoms with Gasteiger partial charge in [0.25, 0.3) is 0 Å². The molecule has 2 aromatic rings. The van der Waals surface area contributed by atoms with Crippen LogP contribution in [0.2, 0.25) is 0 Å². The summed E-state index contributed by atoms with van der Waals surface area (Å²) in [4.78, 5) is 4.22. The van der Waals surface area contributed by atoms with Crippen LogP contribution < -0.4 is 0 Å². The van der Waals surface area contributed by atoms with Gasteiger partial charge >= 0.3 is 0 Å². The van der Waals surface area contributed by atoms with Crippen molar-refractivity contribution in [2.75, 3.05) is 13.4 Å². The number of nitrogens with zero attached hydrogens (tertiary/aromatic N) is 3. The van der Waals surface area contributed by atoms with Crippen molar-refractivity contribution in [2.45, 2.75) is 11.6 Å². The van der Waals surface area contributed by atoms with E-state index in [1.807, 2.05) is 23.0 Å². The van der Waals surface area contributed by atoms with Crippen LogP contribution in [0.3, 0.4) is 0 Å². The molecule has 14 heavy (non-hydrogen) atoms. The van der Waals surface area contributed by atoms with Gasteiger partial charge in [0.15, 0.2) is 0 Å². The SMILES string of the molecule is COCc1ccn2ncnc(SC)c12. The molecule has 2 aromatic heterocycles. The molecule has 74 valence electrons. The largest absolute Gasteiger partial charge is 0.380 e. The Hall–Kier alpha value is -1.07. The van der Waals surface area contributed by atoms with Crippen LogP contribution in [-0.2, 0) is 11.3 Å². The van der Waals surface area contributed by atoms with Gasteiger partial charge < -0.3 is 4.74 Å². The average Bonchev–Trinajstić information content (AvgIpc) is 2.62. The molecule has 2 heterocycles. The predicted molar refractivity (Wildman–Crippen MR) is 55.5 cm³/mol. The van der Waals surface area contributed by atoms with Crippen molar-refractivity contribution in [2.24, 2.45) is 0 Å². The van der Waals surface area contributed by atoms with Gasteiger partial charge in [0.1, 0.15) is 16.9 Å². The monoisotopic (exact) mass is 209 g/mol. The topological polar surface area (TPSA) is 39.4 Å². The maximum atomic E-state index is 5.12. The fourth-order valence-electron chi connectivity index (χ4n) is 1.41. The van der Waals surface area contributed by atoms with E-state index >= 15 is 0 Å². The van der Waals surface area contributed by atoms with E-state index in [0.717, 1.165) is 16.1 Å². The quantitative estimate of drug-likeness (QED) is 0.720. The Morgan fingerprint density at radius 2 is 2.43 bits per heavy atom. The Balaban J connectivity index is 2.62. The Morgan fingerprint density at radius 3 is 3.14 bits per heavy atom. The minimum Gasteiger partial charge on any atom is -0.380 e. The Labute approximate surface area is 86.3 Å². The summed E-state index contributed by atoms with van der Waals surface area (Å²) in [7, 11) is 1.69. The second-order valence-corrected chi connectivity index (χ2v) is 3.63. The van der Waals surface area contributed by atoms with Crippen LogP contribution in [0.4, 0.5) is 0 Å². The molecular weight excluding hydrogens is 198 g/mol. The molecule has 2 rings (SSSR count). The number of hydrogen-bond donors (Lipinski definition) is 0. The average molecular weight is 209 g/mol. The van der Waals surface area contributed by atoms with Crippen molar-refractivity contribution in [3.63, 3.8) is 0 Å². The molecule has 0 unspecified atom stereocenters. The van der Waals surface area contributed by atoms with Crippen molar-refractivity contribution >= 4 is 17.3 Å². The molecule has 0 radical (unpaired) electrons. The van der Waals surface area contributed by atoms with Gasteiger partial charge in [-0.05, 0) is 12.3 Å². The lowest BCUT2D eigenvalue weighted by Crippen LogP contribution is -1.96. The zero-order valence-corrected chi connectivity index (χ0v) is 8.91. The normalized spacial score (nSPS) is 11.0. The van der Waals surface area contributed by atoms with Crippen molar-refractivity contribution in [1.29, 1.82) is 0 Å². The van der Waals surface area contributed by atoms with Crippen molar-refractivity contribution < 1.29 is 4.74 Å². The minimum atomic E-state index is 0.595. The molecule has 0 aliphatic rings. The molecule has 0 atom stereocenters. The van der Waals surface area contributed by atoms with Crippen molar-refractivity contribution in [3.8, 4) is 0 Å². The molecule has 0 N–H and O–H groups in total. The first-order valence-corrected chi connectivity index (χ1v) is 5.43. The number of hydrogen-bond acceptors (Lipinski definition) is 4. The Bertz CT molecular complexity index is 441. The van der Waals surface area contributed by atoms with E-state index < -0.39 is 0 Å². The summed E-state index contributed by atoms with van der Waals surface area (Å²) in [5.74, 6) is 0. The van der Waals surface area contributed by atoms with Gasteiger partial charge in [-0.15, -0.1) is 11.8 Å². The summed E-state index contributed by atoms with van der Waals surface area (Å²) in [5, 5.41) is 5.11. The Morgan fingerprint density at radius 1 is 1.57 bits per heavy atom. The van der Waals surface area contributed by atoms with E-state index in [1.165, 1.54) is 0 Å². The van der Waals surface area contributed by atoms with Gasteiger partial charge in [-0.2, -0.15) is 5.10 Å². The number of thioether (sulfide) groups is 1. The highest BCUT2D eigenvalue weighted by Crippen LogP contribution is 2.22. The highest BCUT2D eigenvalue weighted by atomic mass is 32.2. The van der Waals surface area contributed by atoms with Gasteiger partial charge in [-0.3, -0.25) is 0 Å². The van der Waals surface area contributed by atoms with Gasteiger partial charge in [-0.25, -0.2) is 9.50 Å². The van der Waals surface area contributed by atoms with Crippen LogP contribution in [-0.4, -0.2) is 28.0 Å². The van der Waals surface area contributed by atoms with E-state index in [4.69, 9.17) is 4.74 Å². The third-order valence-electron chi connectivity index (χ3n) is 2.00. The standard InChI is InChI=1S/C9H11N3OS/c1-13-5-7-3-4-12-8(7)9(14-2)10-6-11-12/h3-4,6H,5H2,1-2H3. The predicted octanol–water partition coefficient (Wildman–Crippen LogP) is 1.60. The highest BCUT2D eigenvalue weighted by molar-refractivity contribution is 7.98. The lowest BCUT2D eigenvalue weighted by Gasteiger charge is -2.02. The lowest BCUT2D eigenvalue weighted by molar-refractivity contribution is 0.186. The summed E-state index contributed by atoms with van der Waals surface area (Å²) in [6, 6.07) is 2.01. The molecule has 0 amide bonds. The molecular formula is C9H11N3OS. The molecule has 0 aromatic carbocycles. The van der Waals surface area contributed by atoms with Crippen LogP contribution in [0.1, 0.15) is 5.56 Å². The van der Waals surface area contributed by atoms with Crippen molar-refractivity contribution in [1.82, 2.24) is 14.6 Å². The van der Waals surface area contributed by atoms with E-state index in [1.54, 1.807) is 25.2 Å². The van der Waals surface area contributed by atoms with Crippen LogP contribution in [0, 0.1) is 0 Å². The summed E-state index contributed by atoms with van der Waals surface area (Å²) >= 11 is 1.62. The van der Waals surface area contributed by atoms with E-state index in [-0.39, 0.29) is 0 Å². The molecule has 0 saturated carbocycles. The number of methoxy groups -OCH3 is 1. The Kier molecular flexibility index (Phi) is 2.69. The van der Waals surface area contributed by atoms with Crippen LogP contribution in [0.25, 0.3) is 5.52 Å². The summed E-state index contributed by atoms with van der Waals surface area (Å²) < 4.78 is 6.94. The molecule has 4 nitrogen and oxygen atoms in total. The van der Waals surface area contributed by atoms with Gasteiger partial charge in [0.2, 0.25) is 0 Å². The van der Waals surface area contributed by atoms with Crippen molar-refractivity contribution in [3.05, 3.63) is 24.2 Å². The third kappa shape index (κ3) is 1.49. The first kappa shape index (κ1) is 9.48. The van der Waals surface area contributed by atoms with E-state index in [0.29, 0.717) is 6.61 Å². The number of rotatable bonds is 3. The molecule has 5 heteroatoms. The smallest absolute Gasteiger partial charge is 0.137 e. The molecule has 0 spiro atoms. The molecule has 0 aliphatic heterocycles.